The van der Waals surface area contributed by atoms with Crippen LogP contribution in [0.4, 0.5) is 0 Å². The summed E-state index contributed by atoms with van der Waals surface area (Å²) < 4.78 is 17.3. The van der Waals surface area contributed by atoms with Gasteiger partial charge < -0.3 is 14.2 Å². The largest absolute Gasteiger partial charge is 0.456 e. The smallest absolute Gasteiger partial charge is 0.303 e. The molecule has 6 atom stereocenters. The van der Waals surface area contributed by atoms with Crippen LogP contribution in [0, 0.1) is 17.8 Å². The third-order valence-corrected chi connectivity index (χ3v) is 4.84. The van der Waals surface area contributed by atoms with Crippen LogP contribution in [0.5, 0.6) is 0 Å². The van der Waals surface area contributed by atoms with Gasteiger partial charge in [-0.1, -0.05) is 27.2 Å². The summed E-state index contributed by atoms with van der Waals surface area (Å²) in [5.74, 6) is 1.63. The van der Waals surface area contributed by atoms with E-state index in [0.29, 0.717) is 17.8 Å². The van der Waals surface area contributed by atoms with Gasteiger partial charge in [0.15, 0.2) is 6.29 Å². The minimum atomic E-state index is -0.335. The number of hydrogen-bond acceptors (Lipinski definition) is 4. The first-order valence-electron chi connectivity index (χ1n) is 8.53. The van der Waals surface area contributed by atoms with Crippen LogP contribution in [-0.4, -0.2) is 30.6 Å². The van der Waals surface area contributed by atoms with Gasteiger partial charge in [-0.25, -0.2) is 0 Å². The molecule has 1 aliphatic heterocycles. The normalized spacial score (nSPS) is 39.0. The van der Waals surface area contributed by atoms with Gasteiger partial charge in [-0.3, -0.25) is 4.79 Å². The Morgan fingerprint density at radius 3 is 2.55 bits per heavy atom. The molecule has 126 valence electrons. The average Bonchev–Trinajstić information content (AvgIpc) is 2.41. The Morgan fingerprint density at radius 2 is 1.95 bits per heavy atom. The highest BCUT2D eigenvalue weighted by molar-refractivity contribution is 5.66. The molecule has 0 spiro atoms. The summed E-state index contributed by atoms with van der Waals surface area (Å²) in [5.41, 5.74) is 0. The second-order valence-electron chi connectivity index (χ2n) is 7.17. The molecule has 4 heteroatoms. The zero-order valence-corrected chi connectivity index (χ0v) is 14.5. The predicted octanol–water partition coefficient (Wildman–Crippen LogP) is 3.70. The second-order valence-corrected chi connectivity index (χ2v) is 7.17. The van der Waals surface area contributed by atoms with E-state index < -0.39 is 0 Å². The van der Waals surface area contributed by atoms with E-state index >= 15 is 0 Å². The molecule has 1 heterocycles. The van der Waals surface area contributed by atoms with Crippen molar-refractivity contribution in [2.24, 2.45) is 17.8 Å². The number of hydrogen-bond donors (Lipinski definition) is 0. The highest BCUT2D eigenvalue weighted by Gasteiger charge is 2.35. The highest BCUT2D eigenvalue weighted by atomic mass is 16.7. The summed E-state index contributed by atoms with van der Waals surface area (Å²) in [6, 6.07) is 0. The molecule has 0 aromatic rings. The predicted molar refractivity (Wildman–Crippen MR) is 85.2 cm³/mol. The van der Waals surface area contributed by atoms with Crippen molar-refractivity contribution in [2.45, 2.75) is 78.5 Å². The topological polar surface area (TPSA) is 44.8 Å². The van der Waals surface area contributed by atoms with Crippen molar-refractivity contribution in [1.29, 1.82) is 0 Å². The lowest BCUT2D eigenvalue weighted by molar-refractivity contribution is -0.210. The molecule has 1 aliphatic carbocycles. The minimum absolute atomic E-state index is 0.183. The monoisotopic (exact) mass is 310 g/mol. The fraction of sp³-hybridized carbons (Fsp3) is 0.833. The number of rotatable bonds is 4. The summed E-state index contributed by atoms with van der Waals surface area (Å²) in [6.45, 7) is 10.2. The van der Waals surface area contributed by atoms with Gasteiger partial charge in [0.05, 0.1) is 12.2 Å². The molecule has 0 N–H and O–H groups in total. The Labute approximate surface area is 134 Å². The molecule has 1 saturated carbocycles. The summed E-state index contributed by atoms with van der Waals surface area (Å²) >= 11 is 0. The maximum absolute atomic E-state index is 11.1. The zero-order chi connectivity index (χ0) is 16.3. The molecule has 0 aromatic carbocycles. The van der Waals surface area contributed by atoms with Crippen molar-refractivity contribution >= 4 is 5.97 Å². The van der Waals surface area contributed by atoms with Crippen LogP contribution in [0.2, 0.25) is 0 Å². The van der Waals surface area contributed by atoms with E-state index in [4.69, 9.17) is 14.2 Å². The molecule has 22 heavy (non-hydrogen) atoms. The van der Waals surface area contributed by atoms with Gasteiger partial charge in [-0.15, -0.1) is 0 Å². The van der Waals surface area contributed by atoms with Crippen molar-refractivity contribution in [2.75, 3.05) is 0 Å². The quantitative estimate of drug-likeness (QED) is 0.587. The Kier molecular flexibility index (Phi) is 6.04. The van der Waals surface area contributed by atoms with E-state index in [2.05, 4.69) is 20.8 Å². The van der Waals surface area contributed by atoms with Crippen molar-refractivity contribution in [3.63, 3.8) is 0 Å². The lowest BCUT2D eigenvalue weighted by atomic mass is 9.75. The van der Waals surface area contributed by atoms with E-state index in [9.17, 15) is 4.79 Å². The van der Waals surface area contributed by atoms with E-state index in [1.165, 1.54) is 19.8 Å². The maximum atomic E-state index is 11.1. The molecular formula is C18H30O4. The number of carbonyl (C=O) groups excluding carboxylic acids is 1. The Hall–Kier alpha value is -0.870. The molecule has 2 rings (SSSR count). The van der Waals surface area contributed by atoms with Gasteiger partial charge in [0.2, 0.25) is 0 Å². The third-order valence-electron chi connectivity index (χ3n) is 4.84. The van der Waals surface area contributed by atoms with Crippen molar-refractivity contribution in [3.05, 3.63) is 12.2 Å². The van der Waals surface area contributed by atoms with E-state index in [1.54, 1.807) is 0 Å². The molecule has 0 radical (unpaired) electrons. The van der Waals surface area contributed by atoms with Gasteiger partial charge in [0.25, 0.3) is 0 Å². The Bertz CT molecular complexity index is 404. The number of ether oxygens (including phenoxy) is 3. The highest BCUT2D eigenvalue weighted by Crippen LogP contribution is 2.36. The van der Waals surface area contributed by atoms with Crippen LogP contribution in [0.15, 0.2) is 12.2 Å². The van der Waals surface area contributed by atoms with Gasteiger partial charge in [-0.2, -0.15) is 0 Å². The van der Waals surface area contributed by atoms with Gasteiger partial charge in [-0.05, 0) is 49.7 Å². The molecule has 1 fully saturated rings. The fourth-order valence-corrected chi connectivity index (χ4v) is 3.54. The molecule has 0 saturated heterocycles. The minimum Gasteiger partial charge on any atom is -0.456 e. The molecular weight excluding hydrogens is 280 g/mol. The summed E-state index contributed by atoms with van der Waals surface area (Å²) in [4.78, 5) is 11.1. The van der Waals surface area contributed by atoms with Crippen LogP contribution in [0.25, 0.3) is 0 Å². The number of carbonyl (C=O) groups is 1. The van der Waals surface area contributed by atoms with Crippen LogP contribution in [0.3, 0.4) is 0 Å². The first-order valence-corrected chi connectivity index (χ1v) is 8.53. The molecule has 0 bridgehead atoms. The Morgan fingerprint density at radius 1 is 1.23 bits per heavy atom. The SMILES string of the molecule is CC(=O)O[C@H]1C=C[C@@H](O[C@@H]2C[C@H](C)CC[C@H]2C(C)C)O[C@@H]1C. The van der Waals surface area contributed by atoms with Gasteiger partial charge in [0.1, 0.15) is 6.10 Å². The van der Waals surface area contributed by atoms with Crippen molar-refractivity contribution in [3.8, 4) is 0 Å². The van der Waals surface area contributed by atoms with Crippen LogP contribution < -0.4 is 0 Å². The van der Waals surface area contributed by atoms with E-state index in [1.807, 2.05) is 19.1 Å². The fourth-order valence-electron chi connectivity index (χ4n) is 3.54. The lowest BCUT2D eigenvalue weighted by Crippen LogP contribution is -2.41. The van der Waals surface area contributed by atoms with Gasteiger partial charge in [0, 0.05) is 6.92 Å². The average molecular weight is 310 g/mol. The summed E-state index contributed by atoms with van der Waals surface area (Å²) in [5, 5.41) is 0. The van der Waals surface area contributed by atoms with Crippen LogP contribution in [-0.2, 0) is 19.0 Å². The molecule has 0 amide bonds. The zero-order valence-electron chi connectivity index (χ0n) is 14.5. The van der Waals surface area contributed by atoms with Crippen molar-refractivity contribution in [1.82, 2.24) is 0 Å². The molecule has 2 aliphatic rings. The summed E-state index contributed by atoms with van der Waals surface area (Å²) in [6.07, 6.45) is 6.79. The first-order chi connectivity index (χ1) is 10.4. The molecule has 0 aromatic heterocycles. The van der Waals surface area contributed by atoms with Gasteiger partial charge >= 0.3 is 5.97 Å². The molecule has 4 nitrogen and oxygen atoms in total. The summed E-state index contributed by atoms with van der Waals surface area (Å²) in [7, 11) is 0. The maximum Gasteiger partial charge on any atom is 0.303 e. The lowest BCUT2D eigenvalue weighted by Gasteiger charge is -2.40. The van der Waals surface area contributed by atoms with E-state index in [0.717, 1.165) is 6.42 Å². The number of esters is 1. The van der Waals surface area contributed by atoms with Crippen molar-refractivity contribution < 1.29 is 19.0 Å². The standard InChI is InChI=1S/C18H30O4/c1-11(2)15-7-6-12(3)10-17(15)22-18-9-8-16(13(4)20-18)21-14(5)19/h8-9,11-13,15-18H,6-7,10H2,1-5H3/t12-,13-,15+,16+,17-,18-/m1/s1. The van der Waals surface area contributed by atoms with Crippen LogP contribution >= 0.6 is 0 Å². The third kappa shape index (κ3) is 4.56. The van der Waals surface area contributed by atoms with E-state index in [-0.39, 0.29) is 30.6 Å². The first kappa shape index (κ1) is 17.5. The molecule has 0 unspecified atom stereocenters. The Balaban J connectivity index is 1.96. The second kappa shape index (κ2) is 7.60. The van der Waals surface area contributed by atoms with Crippen LogP contribution in [0.1, 0.15) is 53.9 Å².